The second-order valence-electron chi connectivity index (χ2n) is 8.92. The number of likely N-dealkylation sites (tertiary alicyclic amines) is 1. The summed E-state index contributed by atoms with van der Waals surface area (Å²) in [6.07, 6.45) is 10.1. The maximum absolute atomic E-state index is 12.5. The first-order valence-electron chi connectivity index (χ1n) is 9.78. The van der Waals surface area contributed by atoms with E-state index in [2.05, 4.69) is 13.5 Å². The van der Waals surface area contributed by atoms with Gasteiger partial charge in [-0.2, -0.15) is 0 Å². The van der Waals surface area contributed by atoms with Gasteiger partial charge in [0.15, 0.2) is 0 Å². The van der Waals surface area contributed by atoms with E-state index in [1.807, 2.05) is 0 Å². The van der Waals surface area contributed by atoms with Crippen molar-refractivity contribution < 1.29 is 14.4 Å². The fourth-order valence-corrected chi connectivity index (χ4v) is 6.06. The lowest BCUT2D eigenvalue weighted by Gasteiger charge is -2.50. The molecule has 4 aliphatic rings. The number of esters is 1. The molecule has 4 fully saturated rings. The number of carbonyl (C=O) groups is 1. The summed E-state index contributed by atoms with van der Waals surface area (Å²) in [5.74, 6) is 1.31. The first kappa shape index (κ1) is 15.7. The number of fused-ring (bicyclic) bond motifs is 2. The van der Waals surface area contributed by atoms with Crippen molar-refractivity contribution in [1.29, 1.82) is 0 Å². The molecule has 1 N–H and O–H groups in total. The number of carbonyl (C=O) groups excluding carboxylic acids is 1. The molecule has 0 amide bonds. The van der Waals surface area contributed by atoms with E-state index in [9.17, 15) is 4.79 Å². The van der Waals surface area contributed by atoms with Crippen molar-refractivity contribution >= 4 is 5.97 Å². The van der Waals surface area contributed by atoms with Crippen LogP contribution in [0.1, 0.15) is 58.3 Å². The van der Waals surface area contributed by atoms with E-state index in [0.717, 1.165) is 19.4 Å². The molecule has 0 radical (unpaired) electrons. The van der Waals surface area contributed by atoms with Gasteiger partial charge < -0.3 is 9.64 Å². The molecule has 4 rings (SSSR count). The van der Waals surface area contributed by atoms with Crippen LogP contribution in [0.4, 0.5) is 0 Å². The van der Waals surface area contributed by atoms with Crippen LogP contribution in [0.3, 0.4) is 0 Å². The van der Waals surface area contributed by atoms with Gasteiger partial charge in [0.25, 0.3) is 0 Å². The molecule has 2 heterocycles. The Hall–Kier alpha value is -0.830. The van der Waals surface area contributed by atoms with Gasteiger partial charge in [-0.05, 0) is 62.7 Å². The maximum Gasteiger partial charge on any atom is 0.315 e. The topological polar surface area (TPSA) is 30.7 Å². The van der Waals surface area contributed by atoms with E-state index >= 15 is 0 Å². The van der Waals surface area contributed by atoms with E-state index in [4.69, 9.17) is 4.74 Å². The maximum atomic E-state index is 12.5. The van der Waals surface area contributed by atoms with Crippen LogP contribution in [0.15, 0.2) is 12.2 Å². The van der Waals surface area contributed by atoms with Crippen LogP contribution in [-0.4, -0.2) is 31.7 Å². The zero-order chi connectivity index (χ0) is 16.0. The van der Waals surface area contributed by atoms with Crippen LogP contribution in [0.2, 0.25) is 0 Å². The number of hydrogen-bond acceptors (Lipinski definition) is 2. The molecule has 23 heavy (non-hydrogen) atoms. The summed E-state index contributed by atoms with van der Waals surface area (Å²) in [7, 11) is 0. The number of nitrogens with one attached hydrogen (secondary N) is 1. The van der Waals surface area contributed by atoms with Crippen LogP contribution in [0.5, 0.6) is 0 Å². The molecule has 3 nitrogen and oxygen atoms in total. The highest BCUT2D eigenvalue weighted by Gasteiger charge is 2.55. The molecule has 0 bridgehead atoms. The number of piperidine rings is 1. The summed E-state index contributed by atoms with van der Waals surface area (Å²) in [6, 6.07) is 0. The van der Waals surface area contributed by atoms with Crippen molar-refractivity contribution in [3.63, 3.8) is 0 Å². The van der Waals surface area contributed by atoms with Crippen LogP contribution in [-0.2, 0) is 9.53 Å². The van der Waals surface area contributed by atoms with Crippen molar-refractivity contribution in [2.75, 3.05) is 19.6 Å². The lowest BCUT2D eigenvalue weighted by atomic mass is 9.55. The second-order valence-corrected chi connectivity index (χ2v) is 8.92. The van der Waals surface area contributed by atoms with Gasteiger partial charge in [-0.15, -0.1) is 0 Å². The zero-order valence-electron chi connectivity index (χ0n) is 14.6. The Kier molecular flexibility index (Phi) is 4.03. The summed E-state index contributed by atoms with van der Waals surface area (Å²) >= 11 is 0. The van der Waals surface area contributed by atoms with Gasteiger partial charge in [-0.25, -0.2) is 0 Å². The molecule has 5 atom stereocenters. The quantitative estimate of drug-likeness (QED) is 0.626. The first-order valence-corrected chi connectivity index (χ1v) is 9.78. The normalized spacial score (nSPS) is 44.6. The minimum Gasteiger partial charge on any atom is -0.462 e. The summed E-state index contributed by atoms with van der Waals surface area (Å²) in [6.45, 7) is 10.3. The molecule has 3 heteroatoms. The molecule has 2 saturated carbocycles. The minimum absolute atomic E-state index is 0.103. The molecule has 2 aliphatic heterocycles. The van der Waals surface area contributed by atoms with E-state index in [0.29, 0.717) is 17.3 Å². The third kappa shape index (κ3) is 2.75. The summed E-state index contributed by atoms with van der Waals surface area (Å²) in [5, 5.41) is 0. The average Bonchev–Trinajstić information content (AvgIpc) is 2.81. The number of rotatable bonds is 2. The molecule has 2 aliphatic carbocycles. The highest BCUT2D eigenvalue weighted by molar-refractivity contribution is 5.75. The Morgan fingerprint density at radius 3 is 2.83 bits per heavy atom. The second kappa shape index (κ2) is 5.91. The number of ether oxygens (including phenoxy) is 1. The lowest BCUT2D eigenvalue weighted by Crippen LogP contribution is -3.13. The van der Waals surface area contributed by atoms with E-state index in [1.54, 1.807) is 4.90 Å². The van der Waals surface area contributed by atoms with Crippen molar-refractivity contribution in [3.05, 3.63) is 12.2 Å². The number of allylic oxidation sites excluding steroid dienone is 1. The van der Waals surface area contributed by atoms with E-state index in [1.165, 1.54) is 57.2 Å². The third-order valence-electron chi connectivity index (χ3n) is 7.39. The Labute approximate surface area is 140 Å². The highest BCUT2D eigenvalue weighted by atomic mass is 16.6. The highest BCUT2D eigenvalue weighted by Crippen LogP contribution is 2.56. The van der Waals surface area contributed by atoms with Gasteiger partial charge in [0.05, 0.1) is 19.6 Å². The van der Waals surface area contributed by atoms with E-state index in [-0.39, 0.29) is 18.0 Å². The molecular weight excluding hydrogens is 286 g/mol. The van der Waals surface area contributed by atoms with Crippen molar-refractivity contribution in [2.45, 2.75) is 64.4 Å². The summed E-state index contributed by atoms with van der Waals surface area (Å²) in [5.41, 5.74) is 1.77. The Morgan fingerprint density at radius 1 is 1.26 bits per heavy atom. The van der Waals surface area contributed by atoms with Gasteiger partial charge >= 0.3 is 5.97 Å². The third-order valence-corrected chi connectivity index (χ3v) is 7.39. The molecule has 0 unspecified atom stereocenters. The number of quaternary nitrogens is 1. The van der Waals surface area contributed by atoms with Crippen LogP contribution < -0.4 is 4.90 Å². The molecule has 0 spiro atoms. The Morgan fingerprint density at radius 2 is 2.04 bits per heavy atom. The number of hydrogen-bond donors (Lipinski definition) is 1. The minimum atomic E-state index is 0.103. The predicted molar refractivity (Wildman–Crippen MR) is 90.1 cm³/mol. The first-order chi connectivity index (χ1) is 11.1. The van der Waals surface area contributed by atoms with Gasteiger partial charge in [0, 0.05) is 5.92 Å². The van der Waals surface area contributed by atoms with E-state index < -0.39 is 0 Å². The fourth-order valence-electron chi connectivity index (χ4n) is 6.06. The van der Waals surface area contributed by atoms with Crippen LogP contribution in [0.25, 0.3) is 0 Å². The standard InChI is InChI=1S/C20H31NO2/c1-14-7-6-8-20(2)12-18-15(11-17(14)20)16(19(22)23-18)13-21-9-4-3-5-10-21/h15-18H,1,3-13H2,2H3/p+1/t15-,16-,17-,18-,20+/m1/s1. The van der Waals surface area contributed by atoms with Gasteiger partial charge in [-0.1, -0.05) is 19.1 Å². The largest absolute Gasteiger partial charge is 0.462 e. The van der Waals surface area contributed by atoms with Crippen molar-refractivity contribution in [2.24, 2.45) is 23.2 Å². The SMILES string of the molecule is C=C1CCC[C@@]2(C)C[C@H]3OC(=O)[C@H](C[NH+]4CCCCC4)[C@H]3C[C@H]12. The van der Waals surface area contributed by atoms with Crippen molar-refractivity contribution in [3.8, 4) is 0 Å². The Balaban J connectivity index is 1.50. The molecule has 128 valence electrons. The smallest absolute Gasteiger partial charge is 0.315 e. The average molecular weight is 318 g/mol. The molecule has 0 aromatic heterocycles. The molecular formula is C20H32NO2+. The molecule has 0 aromatic rings. The fraction of sp³-hybridized carbons (Fsp3) is 0.850. The predicted octanol–water partition coefficient (Wildman–Crippen LogP) is 2.37. The summed E-state index contributed by atoms with van der Waals surface area (Å²) in [4.78, 5) is 14.2. The summed E-state index contributed by atoms with van der Waals surface area (Å²) < 4.78 is 5.89. The van der Waals surface area contributed by atoms with Gasteiger partial charge in [-0.3, -0.25) is 4.79 Å². The molecule has 2 saturated heterocycles. The van der Waals surface area contributed by atoms with Crippen molar-refractivity contribution in [1.82, 2.24) is 0 Å². The Bertz CT molecular complexity index is 496. The van der Waals surface area contributed by atoms with Crippen LogP contribution in [0, 0.1) is 23.2 Å². The monoisotopic (exact) mass is 318 g/mol. The lowest BCUT2D eigenvalue weighted by molar-refractivity contribution is -0.907. The zero-order valence-corrected chi connectivity index (χ0v) is 14.6. The molecule has 0 aromatic carbocycles. The van der Waals surface area contributed by atoms with Crippen LogP contribution >= 0.6 is 0 Å². The van der Waals surface area contributed by atoms with Gasteiger partial charge in [0.2, 0.25) is 0 Å². The van der Waals surface area contributed by atoms with Gasteiger partial charge in [0.1, 0.15) is 12.0 Å².